The van der Waals surface area contributed by atoms with E-state index < -0.39 is 0 Å². The van der Waals surface area contributed by atoms with Gasteiger partial charge in [0, 0.05) is 12.1 Å². The van der Waals surface area contributed by atoms with Crippen LogP contribution >= 0.6 is 0 Å². The minimum Gasteiger partial charge on any atom is -0.454 e. The minimum absolute atomic E-state index is 0.0892. The van der Waals surface area contributed by atoms with Crippen molar-refractivity contribution in [3.8, 4) is 11.5 Å². The normalized spacial score (nSPS) is 12.4. The van der Waals surface area contributed by atoms with Crippen molar-refractivity contribution in [1.29, 1.82) is 0 Å². The number of fused-ring (bicyclic) bond motifs is 1. The quantitative estimate of drug-likeness (QED) is 0.847. The van der Waals surface area contributed by atoms with Gasteiger partial charge in [-0.25, -0.2) is 0 Å². The lowest BCUT2D eigenvalue weighted by molar-refractivity contribution is 0.0991. The molecule has 102 valence electrons. The van der Waals surface area contributed by atoms with Crippen molar-refractivity contribution in [2.45, 2.75) is 6.54 Å². The van der Waals surface area contributed by atoms with Crippen LogP contribution in [0, 0.1) is 0 Å². The van der Waals surface area contributed by atoms with Gasteiger partial charge in [-0.3, -0.25) is 4.79 Å². The van der Waals surface area contributed by atoms with Crippen molar-refractivity contribution >= 4 is 5.78 Å². The van der Waals surface area contributed by atoms with Crippen molar-refractivity contribution in [3.63, 3.8) is 0 Å². The Hall–Kier alpha value is -2.33. The summed E-state index contributed by atoms with van der Waals surface area (Å²) in [5, 5.41) is 3.15. The molecule has 0 aromatic heterocycles. The average Bonchev–Trinajstić information content (AvgIpc) is 2.95. The Morgan fingerprint density at radius 2 is 1.85 bits per heavy atom. The number of nitrogens with one attached hydrogen (secondary N) is 1. The molecule has 0 fully saturated rings. The summed E-state index contributed by atoms with van der Waals surface area (Å²) in [6.07, 6.45) is 0. The van der Waals surface area contributed by atoms with Gasteiger partial charge in [-0.15, -0.1) is 0 Å². The fraction of sp³-hybridized carbons (Fsp3) is 0.188. The van der Waals surface area contributed by atoms with Crippen molar-refractivity contribution in [3.05, 3.63) is 59.7 Å². The van der Waals surface area contributed by atoms with Gasteiger partial charge in [0.15, 0.2) is 17.3 Å². The van der Waals surface area contributed by atoms with Crippen LogP contribution in [0.3, 0.4) is 0 Å². The summed E-state index contributed by atoms with van der Waals surface area (Å²) >= 11 is 0. The molecule has 1 N–H and O–H groups in total. The number of hydrogen-bond donors (Lipinski definition) is 1. The lowest BCUT2D eigenvalue weighted by Gasteiger charge is -2.05. The van der Waals surface area contributed by atoms with E-state index in [1.54, 1.807) is 0 Å². The Morgan fingerprint density at radius 3 is 2.70 bits per heavy atom. The van der Waals surface area contributed by atoms with Crippen LogP contribution < -0.4 is 14.8 Å². The smallest absolute Gasteiger partial charge is 0.231 e. The zero-order valence-corrected chi connectivity index (χ0v) is 11.0. The Balaban J connectivity index is 1.54. The first-order valence-electron chi connectivity index (χ1n) is 6.50. The highest BCUT2D eigenvalue weighted by Crippen LogP contribution is 2.32. The molecule has 0 spiro atoms. The van der Waals surface area contributed by atoms with Crippen LogP contribution in [-0.2, 0) is 6.54 Å². The van der Waals surface area contributed by atoms with Gasteiger partial charge in [-0.1, -0.05) is 36.4 Å². The standard InChI is InChI=1S/C16H15NO3/c18-14(13-4-2-1-3-5-13)10-17-9-12-6-7-15-16(8-12)20-11-19-15/h1-8,17H,9-11H2. The number of rotatable bonds is 5. The first-order chi connectivity index (χ1) is 9.83. The zero-order valence-electron chi connectivity index (χ0n) is 11.0. The number of carbonyl (C=O) groups excluding carboxylic acids is 1. The van der Waals surface area contributed by atoms with Gasteiger partial charge in [0.2, 0.25) is 6.79 Å². The van der Waals surface area contributed by atoms with E-state index in [1.165, 1.54) is 0 Å². The second-order valence-electron chi connectivity index (χ2n) is 4.58. The highest BCUT2D eigenvalue weighted by Gasteiger charge is 2.13. The molecule has 1 heterocycles. The van der Waals surface area contributed by atoms with Gasteiger partial charge < -0.3 is 14.8 Å². The second kappa shape index (κ2) is 5.75. The lowest BCUT2D eigenvalue weighted by atomic mass is 10.1. The molecule has 20 heavy (non-hydrogen) atoms. The van der Waals surface area contributed by atoms with Gasteiger partial charge in [0.25, 0.3) is 0 Å². The van der Waals surface area contributed by atoms with E-state index in [-0.39, 0.29) is 12.6 Å². The molecule has 3 rings (SSSR count). The third kappa shape index (κ3) is 2.81. The molecular weight excluding hydrogens is 254 g/mol. The second-order valence-corrected chi connectivity index (χ2v) is 4.58. The van der Waals surface area contributed by atoms with Gasteiger partial charge in [0.05, 0.1) is 6.54 Å². The van der Waals surface area contributed by atoms with E-state index >= 15 is 0 Å². The fourth-order valence-corrected chi connectivity index (χ4v) is 2.10. The third-order valence-electron chi connectivity index (χ3n) is 3.15. The summed E-state index contributed by atoms with van der Waals surface area (Å²) in [5.41, 5.74) is 1.79. The number of hydrogen-bond acceptors (Lipinski definition) is 4. The monoisotopic (exact) mass is 269 g/mol. The number of benzene rings is 2. The summed E-state index contributed by atoms with van der Waals surface area (Å²) in [6, 6.07) is 15.1. The Labute approximate surface area is 117 Å². The minimum atomic E-state index is 0.0892. The molecule has 0 unspecified atom stereocenters. The first kappa shape index (κ1) is 12.7. The number of Topliss-reactive ketones (excluding diaryl/α,β-unsaturated/α-hetero) is 1. The summed E-state index contributed by atoms with van der Waals surface area (Å²) in [4.78, 5) is 11.9. The average molecular weight is 269 g/mol. The molecule has 2 aromatic carbocycles. The van der Waals surface area contributed by atoms with Crippen molar-refractivity contribution in [2.24, 2.45) is 0 Å². The molecule has 1 aliphatic rings. The molecular formula is C16H15NO3. The van der Waals surface area contributed by atoms with Crippen molar-refractivity contribution in [2.75, 3.05) is 13.3 Å². The zero-order chi connectivity index (χ0) is 13.8. The Kier molecular flexibility index (Phi) is 3.65. The van der Waals surface area contributed by atoms with Crippen molar-refractivity contribution < 1.29 is 14.3 Å². The topological polar surface area (TPSA) is 47.6 Å². The molecule has 0 bridgehead atoms. The van der Waals surface area contributed by atoms with Crippen LogP contribution in [0.25, 0.3) is 0 Å². The number of ether oxygens (including phenoxy) is 2. The molecule has 0 saturated heterocycles. The van der Waals surface area contributed by atoms with E-state index in [4.69, 9.17) is 9.47 Å². The van der Waals surface area contributed by atoms with Gasteiger partial charge >= 0.3 is 0 Å². The van der Waals surface area contributed by atoms with E-state index in [0.29, 0.717) is 13.1 Å². The molecule has 0 amide bonds. The summed E-state index contributed by atoms with van der Waals surface area (Å²) < 4.78 is 10.6. The summed E-state index contributed by atoms with van der Waals surface area (Å²) in [6.45, 7) is 1.21. The van der Waals surface area contributed by atoms with Crippen LogP contribution in [0.2, 0.25) is 0 Å². The highest BCUT2D eigenvalue weighted by molar-refractivity contribution is 5.97. The van der Waals surface area contributed by atoms with Crippen LogP contribution in [0.5, 0.6) is 11.5 Å². The number of ketones is 1. The predicted octanol–water partition coefficient (Wildman–Crippen LogP) is 2.39. The number of carbonyl (C=O) groups is 1. The van der Waals surface area contributed by atoms with Crippen LogP contribution in [-0.4, -0.2) is 19.1 Å². The molecule has 1 aliphatic heterocycles. The van der Waals surface area contributed by atoms with Gasteiger partial charge in [0.1, 0.15) is 0 Å². The summed E-state index contributed by atoms with van der Waals surface area (Å²) in [5.74, 6) is 1.62. The molecule has 4 nitrogen and oxygen atoms in total. The maximum atomic E-state index is 11.9. The lowest BCUT2D eigenvalue weighted by Crippen LogP contribution is -2.22. The largest absolute Gasteiger partial charge is 0.454 e. The summed E-state index contributed by atoms with van der Waals surface area (Å²) in [7, 11) is 0. The van der Waals surface area contributed by atoms with Crippen LogP contribution in [0.1, 0.15) is 15.9 Å². The van der Waals surface area contributed by atoms with E-state index in [1.807, 2.05) is 48.5 Å². The maximum absolute atomic E-state index is 11.9. The molecule has 0 aliphatic carbocycles. The molecule has 0 radical (unpaired) electrons. The van der Waals surface area contributed by atoms with Gasteiger partial charge in [-0.05, 0) is 17.7 Å². The maximum Gasteiger partial charge on any atom is 0.231 e. The molecule has 4 heteroatoms. The molecule has 0 atom stereocenters. The first-order valence-corrected chi connectivity index (χ1v) is 6.50. The van der Waals surface area contributed by atoms with Crippen LogP contribution in [0.15, 0.2) is 48.5 Å². The molecule has 2 aromatic rings. The van der Waals surface area contributed by atoms with Crippen LogP contribution in [0.4, 0.5) is 0 Å². The predicted molar refractivity (Wildman–Crippen MR) is 75.0 cm³/mol. The Morgan fingerprint density at radius 1 is 1.05 bits per heavy atom. The molecule has 0 saturated carbocycles. The van der Waals surface area contributed by atoms with Crippen molar-refractivity contribution in [1.82, 2.24) is 5.32 Å². The Bertz CT molecular complexity index is 610. The van der Waals surface area contributed by atoms with E-state index in [2.05, 4.69) is 5.32 Å². The fourth-order valence-electron chi connectivity index (χ4n) is 2.10. The van der Waals surface area contributed by atoms with E-state index in [9.17, 15) is 4.79 Å². The highest BCUT2D eigenvalue weighted by atomic mass is 16.7. The third-order valence-corrected chi connectivity index (χ3v) is 3.15. The SMILES string of the molecule is O=C(CNCc1ccc2c(c1)OCO2)c1ccccc1. The van der Waals surface area contributed by atoms with E-state index in [0.717, 1.165) is 22.6 Å². The van der Waals surface area contributed by atoms with Gasteiger partial charge in [-0.2, -0.15) is 0 Å².